The van der Waals surface area contributed by atoms with Crippen molar-refractivity contribution in [2.45, 2.75) is 24.7 Å². The van der Waals surface area contributed by atoms with Gasteiger partial charge in [-0.05, 0) is 59.3 Å². The number of nitrogens with one attached hydrogen (secondary N) is 1. The van der Waals surface area contributed by atoms with Gasteiger partial charge in [0.1, 0.15) is 0 Å². The average Bonchev–Trinajstić information content (AvgIpc) is 3.22. The topological polar surface area (TPSA) is 81.2 Å². The molecule has 3 rings (SSSR count). The number of hydrogen-bond acceptors (Lipinski definition) is 6. The van der Waals surface area contributed by atoms with Crippen LogP contribution in [0.2, 0.25) is 0 Å². The van der Waals surface area contributed by atoms with Gasteiger partial charge >= 0.3 is 6.01 Å². The number of carbonyl (C=O) groups excluding carboxylic acids is 1. The summed E-state index contributed by atoms with van der Waals surface area (Å²) in [6.07, 6.45) is 1.15. The smallest absolute Gasteiger partial charge is 0.322 e. The van der Waals surface area contributed by atoms with Crippen LogP contribution in [-0.4, -0.2) is 21.9 Å². The van der Waals surface area contributed by atoms with E-state index in [1.54, 1.807) is 23.9 Å². The van der Waals surface area contributed by atoms with Gasteiger partial charge in [0.15, 0.2) is 10.4 Å². The molecule has 3 aromatic rings. The van der Waals surface area contributed by atoms with Crippen LogP contribution in [0, 0.1) is 6.92 Å². The first kappa shape index (κ1) is 17.8. The van der Waals surface area contributed by atoms with E-state index in [0.29, 0.717) is 16.9 Å². The van der Waals surface area contributed by atoms with Crippen LogP contribution in [0.5, 0.6) is 0 Å². The zero-order valence-electron chi connectivity index (χ0n) is 13.5. The van der Waals surface area contributed by atoms with Gasteiger partial charge in [-0.3, -0.25) is 10.1 Å². The summed E-state index contributed by atoms with van der Waals surface area (Å²) in [6.45, 7) is 2.06. The van der Waals surface area contributed by atoms with Crippen molar-refractivity contribution in [2.75, 3.05) is 11.1 Å². The van der Waals surface area contributed by atoms with Crippen molar-refractivity contribution in [3.8, 4) is 11.7 Å². The standard InChI is InChI=1S/C17H16BrN3O3S/c1-11-4-6-12(7-5-11)25-10-2-3-15(22)19-17-21-20-16(24-17)13-8-9-14(18)23-13/h4-9H,2-3,10H2,1H3,(H,19,21,22). The Balaban J connectivity index is 1.42. The molecule has 0 saturated heterocycles. The van der Waals surface area contributed by atoms with Crippen molar-refractivity contribution >= 4 is 39.6 Å². The average molecular weight is 422 g/mol. The lowest BCUT2D eigenvalue weighted by atomic mass is 10.2. The molecule has 1 N–H and O–H groups in total. The molecule has 0 spiro atoms. The van der Waals surface area contributed by atoms with Crippen molar-refractivity contribution in [1.29, 1.82) is 0 Å². The number of anilines is 1. The normalized spacial score (nSPS) is 10.8. The maximum absolute atomic E-state index is 11.9. The van der Waals surface area contributed by atoms with Crippen molar-refractivity contribution < 1.29 is 13.6 Å². The molecule has 6 nitrogen and oxygen atoms in total. The Labute approximate surface area is 157 Å². The van der Waals surface area contributed by atoms with Crippen molar-refractivity contribution in [3.63, 3.8) is 0 Å². The van der Waals surface area contributed by atoms with Crippen LogP contribution in [0.15, 0.2) is 54.8 Å². The molecule has 0 radical (unpaired) electrons. The highest BCUT2D eigenvalue weighted by Gasteiger charge is 2.14. The number of amides is 1. The Morgan fingerprint density at radius 3 is 2.68 bits per heavy atom. The second-order valence-electron chi connectivity index (χ2n) is 5.33. The number of hydrogen-bond donors (Lipinski definition) is 1. The van der Waals surface area contributed by atoms with Crippen molar-refractivity contribution in [2.24, 2.45) is 0 Å². The number of aromatic nitrogens is 2. The molecule has 130 valence electrons. The minimum Gasteiger partial charge on any atom is -0.444 e. The third-order valence-electron chi connectivity index (χ3n) is 3.29. The number of carbonyl (C=O) groups is 1. The molecule has 25 heavy (non-hydrogen) atoms. The molecule has 0 aliphatic heterocycles. The fraction of sp³-hybridized carbons (Fsp3) is 0.235. The van der Waals surface area contributed by atoms with Gasteiger partial charge in [0.2, 0.25) is 5.91 Å². The summed E-state index contributed by atoms with van der Waals surface area (Å²) in [6, 6.07) is 11.8. The first-order valence-corrected chi connectivity index (χ1v) is 9.46. The number of thioether (sulfide) groups is 1. The van der Waals surface area contributed by atoms with Crippen LogP contribution in [0.25, 0.3) is 11.7 Å². The molecule has 0 saturated carbocycles. The van der Waals surface area contributed by atoms with Crippen LogP contribution in [0.1, 0.15) is 18.4 Å². The third-order valence-corrected chi connectivity index (χ3v) is 4.82. The van der Waals surface area contributed by atoms with E-state index in [0.717, 1.165) is 12.2 Å². The Hall–Kier alpha value is -2.06. The molecule has 0 fully saturated rings. The number of rotatable bonds is 7. The van der Waals surface area contributed by atoms with Gasteiger partial charge in [0, 0.05) is 11.3 Å². The predicted octanol–water partition coefficient (Wildman–Crippen LogP) is 4.91. The minimum atomic E-state index is -0.152. The van der Waals surface area contributed by atoms with Gasteiger partial charge in [-0.15, -0.1) is 16.9 Å². The third kappa shape index (κ3) is 5.20. The molecule has 0 bridgehead atoms. The quantitative estimate of drug-likeness (QED) is 0.430. The number of halogens is 1. The monoisotopic (exact) mass is 421 g/mol. The van der Waals surface area contributed by atoms with Gasteiger partial charge in [-0.2, -0.15) is 0 Å². The predicted molar refractivity (Wildman–Crippen MR) is 99.5 cm³/mol. The molecule has 1 aromatic carbocycles. The van der Waals surface area contributed by atoms with E-state index < -0.39 is 0 Å². The molecule has 0 aliphatic carbocycles. The minimum absolute atomic E-state index is 0.0683. The molecular formula is C17H16BrN3O3S. The molecule has 2 heterocycles. The highest BCUT2D eigenvalue weighted by atomic mass is 79.9. The number of furan rings is 1. The van der Waals surface area contributed by atoms with E-state index in [1.807, 2.05) is 0 Å². The van der Waals surface area contributed by atoms with E-state index in [-0.39, 0.29) is 17.8 Å². The molecule has 0 unspecified atom stereocenters. The molecule has 0 aliphatic rings. The molecule has 0 atom stereocenters. The Morgan fingerprint density at radius 2 is 1.96 bits per heavy atom. The Kier molecular flexibility index (Phi) is 5.93. The summed E-state index contributed by atoms with van der Waals surface area (Å²) in [7, 11) is 0. The van der Waals surface area contributed by atoms with Crippen LogP contribution in [0.3, 0.4) is 0 Å². The lowest BCUT2D eigenvalue weighted by Crippen LogP contribution is -2.11. The first-order valence-electron chi connectivity index (χ1n) is 7.69. The van der Waals surface area contributed by atoms with E-state index in [4.69, 9.17) is 8.83 Å². The summed E-state index contributed by atoms with van der Waals surface area (Å²) < 4.78 is 11.3. The maximum Gasteiger partial charge on any atom is 0.322 e. The molecule has 8 heteroatoms. The van der Waals surface area contributed by atoms with Gasteiger partial charge in [-0.25, -0.2) is 0 Å². The molecular weight excluding hydrogens is 406 g/mol. The Bertz CT molecular complexity index is 845. The van der Waals surface area contributed by atoms with E-state index in [2.05, 4.69) is 62.6 Å². The van der Waals surface area contributed by atoms with Crippen LogP contribution < -0.4 is 5.32 Å². The number of benzene rings is 1. The Morgan fingerprint density at radius 1 is 1.16 bits per heavy atom. The molecule has 2 aromatic heterocycles. The highest BCUT2D eigenvalue weighted by molar-refractivity contribution is 9.10. The van der Waals surface area contributed by atoms with Crippen molar-refractivity contribution in [3.05, 3.63) is 46.6 Å². The summed E-state index contributed by atoms with van der Waals surface area (Å²) in [5.41, 5.74) is 1.24. The van der Waals surface area contributed by atoms with Crippen LogP contribution in [0.4, 0.5) is 6.01 Å². The fourth-order valence-electron chi connectivity index (χ4n) is 2.04. The maximum atomic E-state index is 11.9. The van der Waals surface area contributed by atoms with Crippen LogP contribution >= 0.6 is 27.7 Å². The second kappa shape index (κ2) is 8.35. The van der Waals surface area contributed by atoms with Crippen molar-refractivity contribution in [1.82, 2.24) is 10.2 Å². The van der Waals surface area contributed by atoms with E-state index in [9.17, 15) is 4.79 Å². The van der Waals surface area contributed by atoms with Gasteiger partial charge in [0.05, 0.1) is 0 Å². The lowest BCUT2D eigenvalue weighted by molar-refractivity contribution is -0.116. The first-order chi connectivity index (χ1) is 12.1. The summed E-state index contributed by atoms with van der Waals surface area (Å²) in [4.78, 5) is 13.1. The summed E-state index contributed by atoms with van der Waals surface area (Å²) in [5.74, 6) is 1.37. The highest BCUT2D eigenvalue weighted by Crippen LogP contribution is 2.25. The van der Waals surface area contributed by atoms with Gasteiger partial charge < -0.3 is 8.83 Å². The van der Waals surface area contributed by atoms with Crippen LogP contribution in [-0.2, 0) is 4.79 Å². The zero-order valence-corrected chi connectivity index (χ0v) is 15.9. The van der Waals surface area contributed by atoms with Gasteiger partial charge in [0.25, 0.3) is 5.89 Å². The summed E-state index contributed by atoms with van der Waals surface area (Å²) >= 11 is 4.94. The van der Waals surface area contributed by atoms with Gasteiger partial charge in [-0.1, -0.05) is 22.8 Å². The van der Waals surface area contributed by atoms with E-state index in [1.165, 1.54) is 10.5 Å². The second-order valence-corrected chi connectivity index (χ2v) is 7.28. The fourth-order valence-corrected chi connectivity index (χ4v) is 3.20. The zero-order chi connectivity index (χ0) is 17.6. The SMILES string of the molecule is Cc1ccc(SCCCC(=O)Nc2nnc(-c3ccc(Br)o3)o2)cc1. The number of nitrogens with zero attached hydrogens (tertiary/aromatic N) is 2. The van der Waals surface area contributed by atoms with E-state index >= 15 is 0 Å². The molecule has 1 amide bonds. The lowest BCUT2D eigenvalue weighted by Gasteiger charge is -2.02. The number of aryl methyl sites for hydroxylation is 1. The summed E-state index contributed by atoms with van der Waals surface area (Å²) in [5, 5.41) is 10.2. The largest absolute Gasteiger partial charge is 0.444 e.